The van der Waals surface area contributed by atoms with Gasteiger partial charge in [-0.1, -0.05) is 43.7 Å². The maximum Gasteiger partial charge on any atom is 0.116 e. The molecule has 0 spiro atoms. The Hall–Kier alpha value is -2.53. The van der Waals surface area contributed by atoms with Crippen LogP contribution in [-0.4, -0.2) is 43.7 Å². The van der Waals surface area contributed by atoms with E-state index in [1.54, 1.807) is 6.33 Å². The first-order valence-corrected chi connectivity index (χ1v) is 11.8. The van der Waals surface area contributed by atoms with Gasteiger partial charge in [-0.2, -0.15) is 5.10 Å². The smallest absolute Gasteiger partial charge is 0.116 e. The van der Waals surface area contributed by atoms with Crippen LogP contribution in [0.3, 0.4) is 0 Å². The van der Waals surface area contributed by atoms with E-state index in [0.717, 1.165) is 29.1 Å². The molecule has 0 radical (unpaired) electrons. The molecule has 0 aliphatic heterocycles. The zero-order chi connectivity index (χ0) is 21.8. The first-order chi connectivity index (χ1) is 15.1. The predicted octanol–water partition coefficient (Wildman–Crippen LogP) is 5.99. The molecular weight excluding hydrogens is 382 g/mol. The van der Waals surface area contributed by atoms with E-state index < -0.39 is 0 Å². The van der Waals surface area contributed by atoms with Gasteiger partial charge >= 0.3 is 0 Å². The normalized spacial score (nSPS) is 20.2. The van der Waals surface area contributed by atoms with Crippen LogP contribution in [0.5, 0.6) is 0 Å². The van der Waals surface area contributed by atoms with E-state index in [0.29, 0.717) is 18.0 Å². The van der Waals surface area contributed by atoms with Crippen LogP contribution in [0.15, 0.2) is 42.9 Å². The summed E-state index contributed by atoms with van der Waals surface area (Å²) >= 11 is 0. The topological polar surface area (TPSA) is 57.7 Å². The number of hydrogen-bond donors (Lipinski definition) is 1. The highest BCUT2D eigenvalue weighted by molar-refractivity contribution is 5.81. The molecule has 31 heavy (non-hydrogen) atoms. The molecule has 3 aromatic rings. The highest BCUT2D eigenvalue weighted by atomic mass is 15.2. The fraction of sp³-hybridized carbons (Fsp3) is 0.500. The molecule has 1 aliphatic carbocycles. The summed E-state index contributed by atoms with van der Waals surface area (Å²) in [7, 11) is 0. The average molecular weight is 418 g/mol. The molecule has 0 saturated heterocycles. The number of aromatic amines is 1. The molecular formula is C26H35N5. The molecule has 164 valence electrons. The average Bonchev–Trinajstić information content (AvgIpc) is 3.26. The van der Waals surface area contributed by atoms with E-state index in [1.165, 1.54) is 43.4 Å². The quantitative estimate of drug-likeness (QED) is 0.513. The van der Waals surface area contributed by atoms with Gasteiger partial charge in [0.1, 0.15) is 12.0 Å². The molecule has 1 aliphatic rings. The Bertz CT molecular complexity index is 955. The van der Waals surface area contributed by atoms with Gasteiger partial charge in [-0.15, -0.1) is 0 Å². The van der Waals surface area contributed by atoms with Gasteiger partial charge in [-0.25, -0.2) is 9.97 Å². The van der Waals surface area contributed by atoms with Gasteiger partial charge in [0.25, 0.3) is 0 Å². The third kappa shape index (κ3) is 4.57. The van der Waals surface area contributed by atoms with Gasteiger partial charge in [0.15, 0.2) is 0 Å². The van der Waals surface area contributed by atoms with E-state index >= 15 is 0 Å². The van der Waals surface area contributed by atoms with Crippen molar-refractivity contribution in [3.63, 3.8) is 0 Å². The molecule has 5 heteroatoms. The minimum absolute atomic E-state index is 0.489. The molecule has 4 rings (SSSR count). The molecule has 1 atom stereocenters. The molecule has 2 aromatic heterocycles. The van der Waals surface area contributed by atoms with Crippen molar-refractivity contribution < 1.29 is 0 Å². The molecule has 1 aromatic carbocycles. The number of nitrogens with zero attached hydrogens (tertiary/aromatic N) is 4. The van der Waals surface area contributed by atoms with Crippen molar-refractivity contribution in [3.05, 3.63) is 54.1 Å². The van der Waals surface area contributed by atoms with E-state index in [2.05, 4.69) is 71.9 Å². The number of aryl methyl sites for hydroxylation is 1. The largest absolute Gasteiger partial charge is 0.298 e. The molecule has 1 N–H and O–H groups in total. The first kappa shape index (κ1) is 21.7. The summed E-state index contributed by atoms with van der Waals surface area (Å²) in [4.78, 5) is 11.4. The van der Waals surface area contributed by atoms with Crippen LogP contribution in [0, 0.1) is 6.92 Å². The Morgan fingerprint density at radius 2 is 1.81 bits per heavy atom. The fourth-order valence-corrected chi connectivity index (χ4v) is 5.13. The number of H-pyrrole nitrogens is 1. The van der Waals surface area contributed by atoms with Crippen molar-refractivity contribution >= 4 is 0 Å². The zero-order valence-corrected chi connectivity index (χ0v) is 19.3. The van der Waals surface area contributed by atoms with Gasteiger partial charge in [-0.05, 0) is 58.6 Å². The molecule has 0 bridgehead atoms. The lowest BCUT2D eigenvalue weighted by Crippen LogP contribution is -2.43. The van der Waals surface area contributed by atoms with Gasteiger partial charge in [0.05, 0.1) is 5.69 Å². The number of rotatable bonds is 7. The lowest BCUT2D eigenvalue weighted by molar-refractivity contribution is 0.111. The second-order valence-electron chi connectivity index (χ2n) is 8.91. The third-order valence-corrected chi connectivity index (χ3v) is 7.05. The van der Waals surface area contributed by atoms with Crippen molar-refractivity contribution in [1.29, 1.82) is 0 Å². The van der Waals surface area contributed by atoms with Crippen LogP contribution in [-0.2, 0) is 0 Å². The van der Waals surface area contributed by atoms with Crippen molar-refractivity contribution in [2.75, 3.05) is 6.54 Å². The van der Waals surface area contributed by atoms with E-state index in [1.807, 2.05) is 12.3 Å². The Kier molecular flexibility index (Phi) is 6.81. The highest BCUT2D eigenvalue weighted by Gasteiger charge is 2.31. The molecule has 2 heterocycles. The van der Waals surface area contributed by atoms with Crippen LogP contribution in [0.1, 0.15) is 70.1 Å². The van der Waals surface area contributed by atoms with Gasteiger partial charge in [-0.3, -0.25) is 10.00 Å². The number of aromatic nitrogens is 4. The Morgan fingerprint density at radius 1 is 1.06 bits per heavy atom. The van der Waals surface area contributed by atoms with Crippen molar-refractivity contribution in [1.82, 2.24) is 25.1 Å². The molecule has 5 nitrogen and oxygen atoms in total. The predicted molar refractivity (Wildman–Crippen MR) is 127 cm³/mol. The third-order valence-electron chi connectivity index (χ3n) is 7.05. The molecule has 1 fully saturated rings. The molecule has 0 amide bonds. The number of benzene rings is 1. The van der Waals surface area contributed by atoms with Crippen LogP contribution in [0.25, 0.3) is 22.5 Å². The van der Waals surface area contributed by atoms with Gasteiger partial charge in [0, 0.05) is 41.0 Å². The van der Waals surface area contributed by atoms with Crippen molar-refractivity contribution in [3.8, 4) is 22.5 Å². The van der Waals surface area contributed by atoms with Crippen molar-refractivity contribution in [2.45, 2.75) is 77.8 Å². The van der Waals surface area contributed by atoms with Crippen LogP contribution in [0.2, 0.25) is 0 Å². The monoisotopic (exact) mass is 417 g/mol. The summed E-state index contributed by atoms with van der Waals surface area (Å²) in [6.45, 7) is 10.2. The fourth-order valence-electron chi connectivity index (χ4n) is 5.13. The van der Waals surface area contributed by atoms with E-state index in [4.69, 9.17) is 5.10 Å². The summed E-state index contributed by atoms with van der Waals surface area (Å²) < 4.78 is 0. The Morgan fingerprint density at radius 3 is 2.42 bits per heavy atom. The van der Waals surface area contributed by atoms with Crippen LogP contribution in [0.4, 0.5) is 0 Å². The van der Waals surface area contributed by atoms with Crippen LogP contribution < -0.4 is 0 Å². The first-order valence-electron chi connectivity index (χ1n) is 11.8. The summed E-state index contributed by atoms with van der Waals surface area (Å²) in [6, 6.07) is 11.9. The lowest BCUT2D eigenvalue weighted by atomic mass is 9.81. The summed E-state index contributed by atoms with van der Waals surface area (Å²) in [5, 5.41) is 8.21. The summed E-state index contributed by atoms with van der Waals surface area (Å²) in [6.07, 6.45) is 9.52. The number of hydrogen-bond acceptors (Lipinski definition) is 4. The molecule has 1 unspecified atom stereocenters. The Labute approximate surface area is 186 Å². The minimum Gasteiger partial charge on any atom is -0.298 e. The zero-order valence-electron chi connectivity index (χ0n) is 19.3. The molecule has 1 saturated carbocycles. The van der Waals surface area contributed by atoms with Crippen molar-refractivity contribution in [2.24, 2.45) is 0 Å². The van der Waals surface area contributed by atoms with E-state index in [9.17, 15) is 0 Å². The van der Waals surface area contributed by atoms with Crippen LogP contribution >= 0.6 is 0 Å². The second kappa shape index (κ2) is 9.73. The SMILES string of the molecule is CCC(C)N(CC)C1CCC(c2[nH]nc(-c3ccc(C)cc3)c2-c2ccncn2)CC1. The maximum atomic E-state index is 4.78. The minimum atomic E-state index is 0.489. The Balaban J connectivity index is 1.63. The van der Waals surface area contributed by atoms with Gasteiger partial charge in [0.2, 0.25) is 0 Å². The summed E-state index contributed by atoms with van der Waals surface area (Å²) in [5.41, 5.74) is 6.70. The second-order valence-corrected chi connectivity index (χ2v) is 8.91. The van der Waals surface area contributed by atoms with E-state index in [-0.39, 0.29) is 0 Å². The summed E-state index contributed by atoms with van der Waals surface area (Å²) in [5.74, 6) is 0.489. The van der Waals surface area contributed by atoms with Gasteiger partial charge < -0.3 is 0 Å². The highest BCUT2D eigenvalue weighted by Crippen LogP contribution is 2.41. The maximum absolute atomic E-state index is 4.78. The standard InChI is InChI=1S/C26H35N5/c1-5-19(4)31(6-2)22-13-11-21(12-14-22)26-24(23-15-16-27-17-28-23)25(29-30-26)20-9-7-18(3)8-10-20/h7-10,15-17,19,21-22H,5-6,11-14H2,1-4H3,(H,29,30). The number of nitrogens with one attached hydrogen (secondary N) is 1. The lowest BCUT2D eigenvalue weighted by Gasteiger charge is -2.39.